The number of nitro benzene ring substituents is 1. The van der Waals surface area contributed by atoms with Crippen LogP contribution >= 0.6 is 0 Å². The number of hydrogen-bond donors (Lipinski definition) is 1. The molecule has 0 amide bonds. The predicted octanol–water partition coefficient (Wildman–Crippen LogP) is 2.31. The highest BCUT2D eigenvalue weighted by Gasteiger charge is 2.10. The van der Waals surface area contributed by atoms with Crippen LogP contribution < -0.4 is 5.32 Å². The second-order valence-electron chi connectivity index (χ2n) is 3.83. The monoisotopic (exact) mass is 244 g/mol. The van der Waals surface area contributed by atoms with Gasteiger partial charge >= 0.3 is 0 Å². The highest BCUT2D eigenvalue weighted by Crippen LogP contribution is 2.22. The van der Waals surface area contributed by atoms with Gasteiger partial charge in [0.1, 0.15) is 0 Å². The molecule has 2 aromatic rings. The number of rotatable bonds is 4. The average Bonchev–Trinajstić information content (AvgIpc) is 2.38. The van der Waals surface area contributed by atoms with E-state index in [0.717, 1.165) is 5.69 Å². The molecule has 0 radical (unpaired) electrons. The number of aromatic nitrogens is 2. The molecule has 92 valence electrons. The van der Waals surface area contributed by atoms with Crippen molar-refractivity contribution < 1.29 is 4.92 Å². The molecule has 1 heterocycles. The Morgan fingerprint density at radius 2 is 2.22 bits per heavy atom. The minimum atomic E-state index is -0.386. The molecule has 1 aromatic carbocycles. The first-order valence-electron chi connectivity index (χ1n) is 5.42. The number of nitro groups is 1. The molecule has 0 unspecified atom stereocenters. The molecular formula is C12H12N4O2. The molecule has 0 saturated carbocycles. The fourth-order valence-electron chi connectivity index (χ4n) is 1.54. The minimum absolute atomic E-state index is 0.110. The summed E-state index contributed by atoms with van der Waals surface area (Å²) in [6.45, 7) is 2.19. The van der Waals surface area contributed by atoms with E-state index >= 15 is 0 Å². The van der Waals surface area contributed by atoms with Crippen molar-refractivity contribution in [3.05, 3.63) is 57.9 Å². The van der Waals surface area contributed by atoms with Crippen LogP contribution in [0.3, 0.4) is 0 Å². The molecule has 6 nitrogen and oxygen atoms in total. The predicted molar refractivity (Wildman–Crippen MR) is 67.2 cm³/mol. The maximum atomic E-state index is 10.8. The first kappa shape index (κ1) is 12.0. The summed E-state index contributed by atoms with van der Waals surface area (Å²) in [6.07, 6.45) is 1.60. The van der Waals surface area contributed by atoms with Crippen LogP contribution in [0.5, 0.6) is 0 Å². The van der Waals surface area contributed by atoms with Gasteiger partial charge < -0.3 is 5.32 Å². The highest BCUT2D eigenvalue weighted by atomic mass is 16.6. The van der Waals surface area contributed by atoms with Gasteiger partial charge in [-0.15, -0.1) is 0 Å². The fourth-order valence-corrected chi connectivity index (χ4v) is 1.54. The molecule has 2 rings (SSSR count). The molecule has 0 aliphatic carbocycles. The summed E-state index contributed by atoms with van der Waals surface area (Å²) in [5.74, 6) is 0. The summed E-state index contributed by atoms with van der Waals surface area (Å²) < 4.78 is 0. The van der Waals surface area contributed by atoms with Gasteiger partial charge in [-0.25, -0.2) is 0 Å². The molecule has 6 heteroatoms. The molecule has 0 bridgehead atoms. The van der Waals surface area contributed by atoms with Crippen molar-refractivity contribution in [1.29, 1.82) is 0 Å². The van der Waals surface area contributed by atoms with Crippen LogP contribution in [-0.2, 0) is 6.54 Å². The lowest BCUT2D eigenvalue weighted by atomic mass is 10.2. The van der Waals surface area contributed by atoms with Gasteiger partial charge in [0.15, 0.2) is 0 Å². The molecule has 0 spiro atoms. The normalized spacial score (nSPS) is 10.1. The highest BCUT2D eigenvalue weighted by molar-refractivity contribution is 5.54. The number of anilines is 1. The van der Waals surface area contributed by atoms with Crippen molar-refractivity contribution in [1.82, 2.24) is 10.2 Å². The summed E-state index contributed by atoms with van der Waals surface area (Å²) in [6, 6.07) is 8.67. The maximum Gasteiger partial charge on any atom is 0.274 e. The Labute approximate surface area is 104 Å². The zero-order chi connectivity index (χ0) is 13.0. The second kappa shape index (κ2) is 5.22. The van der Waals surface area contributed by atoms with Gasteiger partial charge in [-0.05, 0) is 25.1 Å². The van der Waals surface area contributed by atoms with Crippen LogP contribution in [0.15, 0.2) is 36.5 Å². The van der Waals surface area contributed by atoms with E-state index in [1.54, 1.807) is 31.3 Å². The average molecular weight is 244 g/mol. The standard InChI is InChI=1S/C12H12N4O2/c1-9-4-5-10(7-12(9)16(17)18)13-8-11-3-2-6-14-15-11/h2-7,13H,8H2,1H3. The van der Waals surface area contributed by atoms with E-state index in [2.05, 4.69) is 15.5 Å². The fraction of sp³-hybridized carbons (Fsp3) is 0.167. The molecule has 0 fully saturated rings. The van der Waals surface area contributed by atoms with Crippen molar-refractivity contribution in [3.8, 4) is 0 Å². The van der Waals surface area contributed by atoms with E-state index in [1.807, 2.05) is 6.07 Å². The summed E-state index contributed by atoms with van der Waals surface area (Å²) in [5.41, 5.74) is 2.22. The number of benzene rings is 1. The smallest absolute Gasteiger partial charge is 0.274 e. The first-order chi connectivity index (χ1) is 8.66. The summed E-state index contributed by atoms with van der Waals surface area (Å²) in [5, 5.41) is 21.6. The quantitative estimate of drug-likeness (QED) is 0.659. The lowest BCUT2D eigenvalue weighted by Crippen LogP contribution is -2.03. The van der Waals surface area contributed by atoms with E-state index in [0.29, 0.717) is 17.8 Å². The number of nitrogens with one attached hydrogen (secondary N) is 1. The van der Waals surface area contributed by atoms with Crippen molar-refractivity contribution in [2.24, 2.45) is 0 Å². The Hall–Kier alpha value is -2.50. The Bertz CT molecular complexity index is 557. The Kier molecular flexibility index (Phi) is 3.47. The van der Waals surface area contributed by atoms with Gasteiger partial charge in [-0.1, -0.05) is 6.07 Å². The van der Waals surface area contributed by atoms with Crippen molar-refractivity contribution in [3.63, 3.8) is 0 Å². The zero-order valence-electron chi connectivity index (χ0n) is 9.83. The van der Waals surface area contributed by atoms with Gasteiger partial charge in [0, 0.05) is 23.5 Å². The largest absolute Gasteiger partial charge is 0.379 e. The van der Waals surface area contributed by atoms with Gasteiger partial charge in [-0.3, -0.25) is 10.1 Å². The van der Waals surface area contributed by atoms with Crippen LogP contribution in [-0.4, -0.2) is 15.1 Å². The van der Waals surface area contributed by atoms with Gasteiger partial charge in [-0.2, -0.15) is 10.2 Å². The van der Waals surface area contributed by atoms with Crippen molar-refractivity contribution in [2.45, 2.75) is 13.5 Å². The Morgan fingerprint density at radius 3 is 2.89 bits per heavy atom. The molecule has 0 saturated heterocycles. The third-order valence-corrected chi connectivity index (χ3v) is 2.51. The van der Waals surface area contributed by atoms with Crippen LogP contribution in [0, 0.1) is 17.0 Å². The molecule has 1 aromatic heterocycles. The molecular weight excluding hydrogens is 232 g/mol. The number of aryl methyl sites for hydroxylation is 1. The number of nitrogens with zero attached hydrogens (tertiary/aromatic N) is 3. The SMILES string of the molecule is Cc1ccc(NCc2cccnn2)cc1[N+](=O)[O-]. The lowest BCUT2D eigenvalue weighted by molar-refractivity contribution is -0.385. The van der Waals surface area contributed by atoms with E-state index in [1.165, 1.54) is 6.07 Å². The van der Waals surface area contributed by atoms with E-state index in [9.17, 15) is 10.1 Å². The van der Waals surface area contributed by atoms with E-state index < -0.39 is 0 Å². The van der Waals surface area contributed by atoms with Crippen LogP contribution in [0.25, 0.3) is 0 Å². The molecule has 0 aliphatic heterocycles. The second-order valence-corrected chi connectivity index (χ2v) is 3.83. The Morgan fingerprint density at radius 1 is 1.39 bits per heavy atom. The van der Waals surface area contributed by atoms with Gasteiger partial charge in [0.05, 0.1) is 17.2 Å². The van der Waals surface area contributed by atoms with Crippen LogP contribution in [0.2, 0.25) is 0 Å². The number of hydrogen-bond acceptors (Lipinski definition) is 5. The van der Waals surface area contributed by atoms with Crippen LogP contribution in [0.4, 0.5) is 11.4 Å². The van der Waals surface area contributed by atoms with Crippen LogP contribution in [0.1, 0.15) is 11.3 Å². The lowest BCUT2D eigenvalue weighted by Gasteiger charge is -2.06. The molecule has 0 aliphatic rings. The van der Waals surface area contributed by atoms with E-state index in [-0.39, 0.29) is 10.6 Å². The van der Waals surface area contributed by atoms with E-state index in [4.69, 9.17) is 0 Å². The summed E-state index contributed by atoms with van der Waals surface area (Å²) in [4.78, 5) is 10.4. The molecule has 1 N–H and O–H groups in total. The first-order valence-corrected chi connectivity index (χ1v) is 5.42. The molecule has 0 atom stereocenters. The van der Waals surface area contributed by atoms with Crippen molar-refractivity contribution >= 4 is 11.4 Å². The third kappa shape index (κ3) is 2.79. The maximum absolute atomic E-state index is 10.8. The van der Waals surface area contributed by atoms with Gasteiger partial charge in [0.2, 0.25) is 0 Å². The summed E-state index contributed by atoms with van der Waals surface area (Å²) in [7, 11) is 0. The molecule has 18 heavy (non-hydrogen) atoms. The third-order valence-electron chi connectivity index (χ3n) is 2.51. The van der Waals surface area contributed by atoms with Gasteiger partial charge in [0.25, 0.3) is 5.69 Å². The zero-order valence-corrected chi connectivity index (χ0v) is 9.83. The Balaban J connectivity index is 2.11. The van der Waals surface area contributed by atoms with Crippen molar-refractivity contribution in [2.75, 3.05) is 5.32 Å². The topological polar surface area (TPSA) is 81.0 Å². The summed E-state index contributed by atoms with van der Waals surface area (Å²) >= 11 is 0. The minimum Gasteiger partial charge on any atom is -0.379 e.